The van der Waals surface area contributed by atoms with E-state index in [9.17, 15) is 9.59 Å². The Bertz CT molecular complexity index is 435. The van der Waals surface area contributed by atoms with E-state index in [1.54, 1.807) is 6.92 Å². The topological polar surface area (TPSA) is 87.0 Å². The summed E-state index contributed by atoms with van der Waals surface area (Å²) in [6.45, 7) is 3.28. The van der Waals surface area contributed by atoms with Gasteiger partial charge in [0.25, 0.3) is 0 Å². The van der Waals surface area contributed by atoms with Crippen LogP contribution in [0.4, 0.5) is 5.82 Å². The van der Waals surface area contributed by atoms with Crippen molar-refractivity contribution in [2.45, 2.75) is 13.8 Å². The van der Waals surface area contributed by atoms with Crippen molar-refractivity contribution in [3.05, 3.63) is 10.5 Å². The maximum absolute atomic E-state index is 11.4. The van der Waals surface area contributed by atoms with Gasteiger partial charge in [-0.1, -0.05) is 0 Å². The molecule has 6 nitrogen and oxygen atoms in total. The molecule has 1 heterocycles. The first-order valence-corrected chi connectivity index (χ1v) is 4.72. The summed E-state index contributed by atoms with van der Waals surface area (Å²) in [4.78, 5) is 27.5. The molecule has 0 atom stereocenters. The van der Waals surface area contributed by atoms with Crippen molar-refractivity contribution >= 4 is 29.9 Å². The third-order valence-electron chi connectivity index (χ3n) is 1.51. The van der Waals surface area contributed by atoms with Gasteiger partial charge >= 0.3 is 5.97 Å². The molecule has 1 aromatic heterocycles. The van der Waals surface area contributed by atoms with Gasteiger partial charge < -0.3 is 20.0 Å². The molecule has 1 rings (SSSR count). The molecule has 0 aliphatic heterocycles. The minimum absolute atomic E-state index is 0.122. The molecule has 0 aliphatic carbocycles. The number of nitrogens with one attached hydrogen (secondary N) is 3. The normalized spacial score (nSPS) is 9.73. The molecule has 0 fully saturated rings. The van der Waals surface area contributed by atoms with E-state index in [-0.39, 0.29) is 28.8 Å². The number of hydrogen-bond donors (Lipinski definition) is 3. The van der Waals surface area contributed by atoms with Gasteiger partial charge in [-0.3, -0.25) is 4.79 Å². The lowest BCUT2D eigenvalue weighted by Crippen LogP contribution is -2.12. The summed E-state index contributed by atoms with van der Waals surface area (Å²) in [5.74, 6) is -0.634. The Labute approximate surface area is 91.0 Å². The molecule has 0 radical (unpaired) electrons. The van der Waals surface area contributed by atoms with Crippen molar-refractivity contribution in [3.63, 3.8) is 0 Å². The van der Waals surface area contributed by atoms with Crippen LogP contribution in [0.25, 0.3) is 0 Å². The third kappa shape index (κ3) is 2.91. The molecule has 3 N–H and O–H groups in total. The molecular formula is C8H11N3O3S. The van der Waals surface area contributed by atoms with Crippen LogP contribution in [-0.4, -0.2) is 28.5 Å². The Balaban J connectivity index is 3.00. The highest BCUT2D eigenvalue weighted by atomic mass is 32.1. The molecule has 1 aromatic rings. The molecule has 7 heteroatoms. The number of rotatable bonds is 3. The first-order valence-electron chi connectivity index (χ1n) is 4.31. The summed E-state index contributed by atoms with van der Waals surface area (Å²) in [6.07, 6.45) is 0. The van der Waals surface area contributed by atoms with Crippen molar-refractivity contribution in [2.24, 2.45) is 0 Å². The number of H-pyrrole nitrogens is 2. The minimum Gasteiger partial charge on any atom is -0.461 e. The summed E-state index contributed by atoms with van der Waals surface area (Å²) in [7, 11) is 0. The Morgan fingerprint density at radius 1 is 1.47 bits per heavy atom. The fourth-order valence-corrected chi connectivity index (χ4v) is 1.21. The molecule has 15 heavy (non-hydrogen) atoms. The van der Waals surface area contributed by atoms with E-state index in [0.717, 1.165) is 0 Å². The minimum atomic E-state index is -0.561. The van der Waals surface area contributed by atoms with Crippen LogP contribution in [0.3, 0.4) is 0 Å². The predicted molar refractivity (Wildman–Crippen MR) is 56.2 cm³/mol. The molecule has 1 amide bonds. The van der Waals surface area contributed by atoms with Gasteiger partial charge in [0.2, 0.25) is 5.91 Å². The van der Waals surface area contributed by atoms with E-state index >= 15 is 0 Å². The number of aromatic nitrogens is 2. The number of carbonyl (C=O) groups is 2. The average Bonchev–Trinajstić information content (AvgIpc) is 2.46. The lowest BCUT2D eigenvalue weighted by molar-refractivity contribution is -0.114. The van der Waals surface area contributed by atoms with Gasteiger partial charge in [0.05, 0.1) is 6.61 Å². The largest absolute Gasteiger partial charge is 0.461 e. The van der Waals surface area contributed by atoms with Gasteiger partial charge in [-0.15, -0.1) is 0 Å². The Hall–Kier alpha value is -1.63. The van der Waals surface area contributed by atoms with E-state index in [0.29, 0.717) is 0 Å². The van der Waals surface area contributed by atoms with Gasteiger partial charge in [0.1, 0.15) is 5.82 Å². The van der Waals surface area contributed by atoms with E-state index < -0.39 is 5.97 Å². The second kappa shape index (κ2) is 4.74. The van der Waals surface area contributed by atoms with Crippen molar-refractivity contribution in [1.29, 1.82) is 0 Å². The first-order chi connectivity index (χ1) is 7.04. The molecule has 0 aromatic carbocycles. The monoisotopic (exact) mass is 229 g/mol. The molecule has 0 aliphatic rings. The number of anilines is 1. The molecule has 0 bridgehead atoms. The maximum Gasteiger partial charge on any atom is 0.358 e. The van der Waals surface area contributed by atoms with Crippen molar-refractivity contribution in [3.8, 4) is 0 Å². The van der Waals surface area contributed by atoms with Gasteiger partial charge in [-0.25, -0.2) is 4.79 Å². The SMILES string of the molecule is CCOC(=O)c1[nH]c(=S)[nH]c1NC(C)=O. The molecule has 0 saturated carbocycles. The summed E-state index contributed by atoms with van der Waals surface area (Å²) in [5, 5.41) is 2.44. The highest BCUT2D eigenvalue weighted by molar-refractivity contribution is 7.71. The molecule has 0 saturated heterocycles. The van der Waals surface area contributed by atoms with Gasteiger partial charge in [-0.05, 0) is 19.1 Å². The average molecular weight is 229 g/mol. The molecule has 82 valence electrons. The number of ether oxygens (including phenoxy) is 1. The zero-order chi connectivity index (χ0) is 11.4. The van der Waals surface area contributed by atoms with Crippen LogP contribution in [0, 0.1) is 4.77 Å². The Morgan fingerprint density at radius 3 is 2.67 bits per heavy atom. The van der Waals surface area contributed by atoms with Gasteiger partial charge in [0.15, 0.2) is 10.5 Å². The van der Waals surface area contributed by atoms with E-state index in [4.69, 9.17) is 17.0 Å². The van der Waals surface area contributed by atoms with E-state index in [1.165, 1.54) is 6.92 Å². The van der Waals surface area contributed by atoms with E-state index in [1.807, 2.05) is 0 Å². The lowest BCUT2D eigenvalue weighted by atomic mass is 10.4. The van der Waals surface area contributed by atoms with Crippen LogP contribution in [0.1, 0.15) is 24.3 Å². The van der Waals surface area contributed by atoms with Crippen molar-refractivity contribution < 1.29 is 14.3 Å². The number of aromatic amines is 2. The summed E-state index contributed by atoms with van der Waals surface area (Å²) < 4.78 is 5.03. The molecule has 0 unspecified atom stereocenters. The lowest BCUT2D eigenvalue weighted by Gasteiger charge is -2.02. The summed E-state index contributed by atoms with van der Waals surface area (Å²) in [5.41, 5.74) is 0.122. The van der Waals surface area contributed by atoms with Crippen LogP contribution in [0.15, 0.2) is 0 Å². The van der Waals surface area contributed by atoms with Crippen LogP contribution < -0.4 is 5.32 Å². The highest BCUT2D eigenvalue weighted by Crippen LogP contribution is 2.11. The van der Waals surface area contributed by atoms with Crippen LogP contribution in [-0.2, 0) is 9.53 Å². The predicted octanol–water partition coefficient (Wildman–Crippen LogP) is 1.21. The van der Waals surface area contributed by atoms with Gasteiger partial charge in [-0.2, -0.15) is 0 Å². The fraction of sp³-hybridized carbons (Fsp3) is 0.375. The van der Waals surface area contributed by atoms with Crippen molar-refractivity contribution in [1.82, 2.24) is 9.97 Å². The maximum atomic E-state index is 11.4. The smallest absolute Gasteiger partial charge is 0.358 e. The van der Waals surface area contributed by atoms with Crippen LogP contribution in [0.5, 0.6) is 0 Å². The quantitative estimate of drug-likeness (QED) is 0.537. The van der Waals surface area contributed by atoms with Crippen molar-refractivity contribution in [2.75, 3.05) is 11.9 Å². The number of amides is 1. The number of imidazole rings is 1. The van der Waals surface area contributed by atoms with Crippen LogP contribution >= 0.6 is 12.2 Å². The zero-order valence-electron chi connectivity index (χ0n) is 8.34. The number of hydrogen-bond acceptors (Lipinski definition) is 4. The standard InChI is InChI=1S/C8H11N3O3S/c1-3-14-7(13)5-6(9-4(2)12)11-8(15)10-5/h3H2,1-2H3,(H,9,12)(H2,10,11,15). The number of carbonyl (C=O) groups excluding carboxylic acids is 2. The van der Waals surface area contributed by atoms with Crippen LogP contribution in [0.2, 0.25) is 0 Å². The second-order valence-electron chi connectivity index (χ2n) is 2.73. The molecule has 0 spiro atoms. The second-order valence-corrected chi connectivity index (χ2v) is 3.14. The summed E-state index contributed by atoms with van der Waals surface area (Å²) >= 11 is 4.81. The first kappa shape index (κ1) is 11.4. The number of esters is 1. The zero-order valence-corrected chi connectivity index (χ0v) is 9.16. The summed E-state index contributed by atoms with van der Waals surface area (Å²) in [6, 6.07) is 0. The Morgan fingerprint density at radius 2 is 2.13 bits per heavy atom. The molecular weight excluding hydrogens is 218 g/mol. The van der Waals surface area contributed by atoms with E-state index in [2.05, 4.69) is 15.3 Å². The Kier molecular flexibility index (Phi) is 3.62. The van der Waals surface area contributed by atoms with Gasteiger partial charge in [0, 0.05) is 6.92 Å². The third-order valence-corrected chi connectivity index (χ3v) is 1.71. The fourth-order valence-electron chi connectivity index (χ4n) is 1.01. The highest BCUT2D eigenvalue weighted by Gasteiger charge is 2.15.